The summed E-state index contributed by atoms with van der Waals surface area (Å²) in [4.78, 5) is 13.7. The van der Waals surface area contributed by atoms with Gasteiger partial charge in [-0.15, -0.1) is 0 Å². The number of alkyl halides is 3. The fourth-order valence-corrected chi connectivity index (χ4v) is 2.80. The molecule has 2 aliphatic heterocycles. The minimum absolute atomic E-state index is 0.0146. The summed E-state index contributed by atoms with van der Waals surface area (Å²) in [6.45, 7) is 1.06. The van der Waals surface area contributed by atoms with Crippen LogP contribution in [0.15, 0.2) is 0 Å². The third-order valence-corrected chi connectivity index (χ3v) is 4.05. The number of hydrogen-bond donors (Lipinski definition) is 1. The second kappa shape index (κ2) is 6.30. The lowest BCUT2D eigenvalue weighted by molar-refractivity contribution is -0.180. The molecule has 0 radical (unpaired) electrons. The monoisotopic (exact) mass is 294 g/mol. The van der Waals surface area contributed by atoms with Gasteiger partial charge in [-0.3, -0.25) is 4.79 Å². The van der Waals surface area contributed by atoms with Crippen molar-refractivity contribution in [3.05, 3.63) is 0 Å². The van der Waals surface area contributed by atoms with Gasteiger partial charge in [0.2, 0.25) is 5.91 Å². The average molecular weight is 294 g/mol. The zero-order valence-electron chi connectivity index (χ0n) is 11.6. The van der Waals surface area contributed by atoms with Crippen molar-refractivity contribution in [3.63, 3.8) is 0 Å². The summed E-state index contributed by atoms with van der Waals surface area (Å²) in [5, 5.41) is 2.73. The maximum absolute atomic E-state index is 12.5. The van der Waals surface area contributed by atoms with E-state index in [1.165, 1.54) is 0 Å². The summed E-state index contributed by atoms with van der Waals surface area (Å²) < 4.78 is 43.1. The Hall–Kier alpha value is -0.820. The van der Waals surface area contributed by atoms with Crippen molar-refractivity contribution in [2.24, 2.45) is 5.92 Å². The van der Waals surface area contributed by atoms with E-state index in [1.54, 1.807) is 11.9 Å². The van der Waals surface area contributed by atoms with Crippen LogP contribution in [0, 0.1) is 5.92 Å². The van der Waals surface area contributed by atoms with Crippen LogP contribution in [0.2, 0.25) is 0 Å². The van der Waals surface area contributed by atoms with Crippen LogP contribution in [-0.2, 0) is 9.53 Å². The van der Waals surface area contributed by atoms with Crippen molar-refractivity contribution in [3.8, 4) is 0 Å². The Morgan fingerprint density at radius 2 is 2.10 bits per heavy atom. The molecule has 0 aromatic heterocycles. The summed E-state index contributed by atoms with van der Waals surface area (Å²) in [6, 6.07) is -0.500. The van der Waals surface area contributed by atoms with E-state index in [9.17, 15) is 18.0 Å². The molecule has 0 aromatic carbocycles. The fourth-order valence-electron chi connectivity index (χ4n) is 2.80. The van der Waals surface area contributed by atoms with Gasteiger partial charge in [-0.1, -0.05) is 0 Å². The number of halogens is 3. The molecule has 0 bridgehead atoms. The van der Waals surface area contributed by atoms with Crippen molar-refractivity contribution < 1.29 is 22.7 Å². The Bertz CT molecular complexity index is 335. The minimum atomic E-state index is -4.18. The summed E-state index contributed by atoms with van der Waals surface area (Å²) in [5.41, 5.74) is 0. The summed E-state index contributed by atoms with van der Waals surface area (Å²) in [5.74, 6) is -1.48. The summed E-state index contributed by atoms with van der Waals surface area (Å²) in [6.07, 6.45) is -1.92. The van der Waals surface area contributed by atoms with Gasteiger partial charge in [0, 0.05) is 26.7 Å². The molecule has 2 aliphatic rings. The maximum atomic E-state index is 12.5. The number of nitrogens with zero attached hydrogens (tertiary/aromatic N) is 1. The molecule has 2 heterocycles. The highest BCUT2D eigenvalue weighted by atomic mass is 19.4. The molecule has 3 unspecified atom stereocenters. The molecule has 1 N–H and O–H groups in total. The molecular formula is C13H21F3N2O2. The van der Waals surface area contributed by atoms with Gasteiger partial charge in [0.05, 0.1) is 18.1 Å². The number of hydrogen-bond acceptors (Lipinski definition) is 3. The van der Waals surface area contributed by atoms with E-state index in [0.717, 1.165) is 19.4 Å². The molecule has 2 rings (SSSR count). The quantitative estimate of drug-likeness (QED) is 0.859. The van der Waals surface area contributed by atoms with E-state index in [4.69, 9.17) is 4.74 Å². The number of likely N-dealkylation sites (N-methyl/N-ethyl adjacent to an activating group) is 1. The van der Waals surface area contributed by atoms with Crippen molar-refractivity contribution >= 4 is 5.91 Å². The maximum Gasteiger partial charge on any atom is 0.393 e. The van der Waals surface area contributed by atoms with Crippen LogP contribution >= 0.6 is 0 Å². The molecule has 116 valence electrons. The van der Waals surface area contributed by atoms with E-state index in [-0.39, 0.29) is 31.4 Å². The topological polar surface area (TPSA) is 41.6 Å². The van der Waals surface area contributed by atoms with Crippen LogP contribution in [0.5, 0.6) is 0 Å². The molecule has 0 saturated carbocycles. The van der Waals surface area contributed by atoms with Gasteiger partial charge in [-0.25, -0.2) is 0 Å². The Labute approximate surface area is 116 Å². The minimum Gasteiger partial charge on any atom is -0.376 e. The zero-order valence-corrected chi connectivity index (χ0v) is 11.6. The van der Waals surface area contributed by atoms with Crippen molar-refractivity contribution in [2.75, 3.05) is 26.7 Å². The molecule has 7 heteroatoms. The van der Waals surface area contributed by atoms with Gasteiger partial charge in [0.15, 0.2) is 0 Å². The number of rotatable bonds is 3. The first kappa shape index (κ1) is 15.6. The zero-order chi connectivity index (χ0) is 14.8. The van der Waals surface area contributed by atoms with Gasteiger partial charge in [-0.2, -0.15) is 13.2 Å². The number of nitrogens with one attached hydrogen (secondary N) is 1. The van der Waals surface area contributed by atoms with Crippen molar-refractivity contribution in [1.29, 1.82) is 0 Å². The first-order chi connectivity index (χ1) is 9.38. The summed E-state index contributed by atoms with van der Waals surface area (Å²) in [7, 11) is 1.68. The predicted molar refractivity (Wildman–Crippen MR) is 67.2 cm³/mol. The van der Waals surface area contributed by atoms with Crippen molar-refractivity contribution in [1.82, 2.24) is 10.2 Å². The Morgan fingerprint density at radius 3 is 2.60 bits per heavy atom. The second-order valence-corrected chi connectivity index (χ2v) is 5.63. The Kier molecular flexibility index (Phi) is 4.90. The van der Waals surface area contributed by atoms with Gasteiger partial charge in [0.1, 0.15) is 0 Å². The smallest absolute Gasteiger partial charge is 0.376 e. The molecule has 1 amide bonds. The van der Waals surface area contributed by atoms with E-state index >= 15 is 0 Å². The first-order valence-electron chi connectivity index (χ1n) is 7.04. The second-order valence-electron chi connectivity index (χ2n) is 5.63. The standard InChI is InChI=1S/C13H21F3N2O2/c1-18(8-10-3-2-6-20-10)12(19)11-5-4-9(7-17-11)13(14,15)16/h9-11,17H,2-8H2,1H3. The third kappa shape index (κ3) is 3.85. The van der Waals surface area contributed by atoms with Gasteiger partial charge in [0.25, 0.3) is 0 Å². The van der Waals surface area contributed by atoms with Crippen molar-refractivity contribution in [2.45, 2.75) is 44.0 Å². The van der Waals surface area contributed by atoms with Gasteiger partial charge in [-0.05, 0) is 25.7 Å². The van der Waals surface area contributed by atoms with Crippen LogP contribution in [0.3, 0.4) is 0 Å². The normalized spacial score (nSPS) is 31.3. The number of carbonyl (C=O) groups excluding carboxylic acids is 1. The molecule has 0 aliphatic carbocycles. The molecule has 2 saturated heterocycles. The van der Waals surface area contributed by atoms with Crippen LogP contribution in [0.4, 0.5) is 13.2 Å². The highest BCUT2D eigenvalue weighted by molar-refractivity contribution is 5.81. The number of carbonyl (C=O) groups is 1. The summed E-state index contributed by atoms with van der Waals surface area (Å²) >= 11 is 0. The predicted octanol–water partition coefficient (Wildman–Crippen LogP) is 1.55. The molecule has 0 spiro atoms. The lowest BCUT2D eigenvalue weighted by atomic mass is 9.93. The molecule has 4 nitrogen and oxygen atoms in total. The highest BCUT2D eigenvalue weighted by Crippen LogP contribution is 2.32. The highest BCUT2D eigenvalue weighted by Gasteiger charge is 2.42. The largest absolute Gasteiger partial charge is 0.393 e. The van der Waals surface area contributed by atoms with E-state index < -0.39 is 18.1 Å². The SMILES string of the molecule is CN(CC1CCCO1)C(=O)C1CCC(C(F)(F)F)CN1. The number of piperidine rings is 1. The van der Waals surface area contributed by atoms with E-state index in [1.807, 2.05) is 0 Å². The van der Waals surface area contributed by atoms with Crippen LogP contribution < -0.4 is 5.32 Å². The van der Waals surface area contributed by atoms with Gasteiger partial charge >= 0.3 is 6.18 Å². The molecule has 3 atom stereocenters. The lowest BCUT2D eigenvalue weighted by Gasteiger charge is -2.33. The number of amides is 1. The van der Waals surface area contributed by atoms with Crippen LogP contribution in [-0.4, -0.2) is 55.9 Å². The fraction of sp³-hybridized carbons (Fsp3) is 0.923. The molecular weight excluding hydrogens is 273 g/mol. The molecule has 20 heavy (non-hydrogen) atoms. The van der Waals surface area contributed by atoms with E-state index in [0.29, 0.717) is 6.54 Å². The Morgan fingerprint density at radius 1 is 1.35 bits per heavy atom. The average Bonchev–Trinajstić information content (AvgIpc) is 2.90. The number of ether oxygens (including phenoxy) is 1. The third-order valence-electron chi connectivity index (χ3n) is 4.05. The van der Waals surface area contributed by atoms with Crippen LogP contribution in [0.1, 0.15) is 25.7 Å². The Balaban J connectivity index is 1.78. The van der Waals surface area contributed by atoms with Crippen LogP contribution in [0.25, 0.3) is 0 Å². The lowest BCUT2D eigenvalue weighted by Crippen LogP contribution is -2.52. The first-order valence-corrected chi connectivity index (χ1v) is 7.04. The van der Waals surface area contributed by atoms with E-state index in [2.05, 4.69) is 5.32 Å². The van der Waals surface area contributed by atoms with Gasteiger partial charge < -0.3 is 15.0 Å². The molecule has 0 aromatic rings. The molecule has 2 fully saturated rings.